The van der Waals surface area contributed by atoms with Gasteiger partial charge in [-0.15, -0.1) is 0 Å². The average Bonchev–Trinajstić information content (AvgIpc) is 3.01. The van der Waals surface area contributed by atoms with Crippen molar-refractivity contribution in [2.45, 2.75) is 0 Å². The van der Waals surface area contributed by atoms with Crippen molar-refractivity contribution < 1.29 is 0 Å². The molecular weight excluding hydrogens is 232 g/mol. The third-order valence-electron chi connectivity index (χ3n) is 2.97. The van der Waals surface area contributed by atoms with Gasteiger partial charge in [-0.05, 0) is 11.1 Å². The number of nitrogens with one attached hydrogen (secondary N) is 1. The lowest BCUT2D eigenvalue weighted by molar-refractivity contribution is 1.31. The number of hydrogen-bond donors (Lipinski definition) is 1. The number of benzene rings is 2. The first-order valence-electron chi connectivity index (χ1n) is 6.25. The maximum atomic E-state index is 4.31. The SMILES string of the molecule is C(=Cc1ccccc1-c1ncc[nH]1)c1ccccc1. The largest absolute Gasteiger partial charge is 0.345 e. The Labute approximate surface area is 112 Å². The molecule has 0 amide bonds. The lowest BCUT2D eigenvalue weighted by atomic mass is 10.1. The van der Waals surface area contributed by atoms with Crippen LogP contribution in [0.25, 0.3) is 23.5 Å². The summed E-state index contributed by atoms with van der Waals surface area (Å²) in [5.41, 5.74) is 3.46. The van der Waals surface area contributed by atoms with Crippen LogP contribution in [0.15, 0.2) is 67.0 Å². The average molecular weight is 246 g/mol. The van der Waals surface area contributed by atoms with E-state index in [0.29, 0.717) is 0 Å². The molecule has 19 heavy (non-hydrogen) atoms. The molecule has 1 N–H and O–H groups in total. The number of nitrogens with zero attached hydrogens (tertiary/aromatic N) is 1. The van der Waals surface area contributed by atoms with Crippen LogP contribution in [0.2, 0.25) is 0 Å². The Hall–Kier alpha value is -2.61. The summed E-state index contributed by atoms with van der Waals surface area (Å²) < 4.78 is 0. The molecule has 0 aliphatic carbocycles. The molecule has 2 nitrogen and oxygen atoms in total. The van der Waals surface area contributed by atoms with Gasteiger partial charge in [0.2, 0.25) is 0 Å². The predicted molar refractivity (Wildman–Crippen MR) is 79.4 cm³/mol. The zero-order valence-electron chi connectivity index (χ0n) is 10.5. The summed E-state index contributed by atoms with van der Waals surface area (Å²) in [6, 6.07) is 18.5. The summed E-state index contributed by atoms with van der Waals surface area (Å²) in [6.07, 6.45) is 7.84. The van der Waals surface area contributed by atoms with Crippen LogP contribution in [-0.2, 0) is 0 Å². The van der Waals surface area contributed by atoms with Gasteiger partial charge < -0.3 is 4.98 Å². The Morgan fingerprint density at radius 3 is 2.42 bits per heavy atom. The zero-order valence-corrected chi connectivity index (χ0v) is 10.5. The minimum atomic E-state index is 0.897. The Kier molecular flexibility index (Phi) is 3.24. The lowest BCUT2D eigenvalue weighted by Crippen LogP contribution is -1.84. The first-order chi connectivity index (χ1) is 9.43. The number of rotatable bonds is 3. The lowest BCUT2D eigenvalue weighted by Gasteiger charge is -2.02. The molecule has 0 atom stereocenters. The molecule has 0 aliphatic rings. The molecule has 0 aliphatic heterocycles. The highest BCUT2D eigenvalue weighted by Gasteiger charge is 2.03. The van der Waals surface area contributed by atoms with Gasteiger partial charge in [-0.3, -0.25) is 0 Å². The molecular formula is C17H14N2. The molecule has 1 aromatic heterocycles. The van der Waals surface area contributed by atoms with Crippen molar-refractivity contribution in [2.75, 3.05) is 0 Å². The van der Waals surface area contributed by atoms with Gasteiger partial charge in [-0.1, -0.05) is 66.7 Å². The van der Waals surface area contributed by atoms with Gasteiger partial charge in [0, 0.05) is 18.0 Å². The van der Waals surface area contributed by atoms with E-state index in [2.05, 4.69) is 46.4 Å². The second-order valence-corrected chi connectivity index (χ2v) is 4.27. The van der Waals surface area contributed by atoms with Crippen molar-refractivity contribution in [3.63, 3.8) is 0 Å². The van der Waals surface area contributed by atoms with Crippen LogP contribution in [0.3, 0.4) is 0 Å². The Morgan fingerprint density at radius 1 is 0.842 bits per heavy atom. The summed E-state index contributed by atoms with van der Waals surface area (Å²) in [4.78, 5) is 7.46. The minimum absolute atomic E-state index is 0.897. The van der Waals surface area contributed by atoms with Crippen LogP contribution in [0.1, 0.15) is 11.1 Å². The Bertz CT molecular complexity index is 668. The Balaban J connectivity index is 1.96. The molecule has 2 heteroatoms. The third kappa shape index (κ3) is 2.63. The highest BCUT2D eigenvalue weighted by molar-refractivity contribution is 5.78. The number of imidazole rings is 1. The van der Waals surface area contributed by atoms with Gasteiger partial charge in [-0.2, -0.15) is 0 Å². The Morgan fingerprint density at radius 2 is 1.63 bits per heavy atom. The van der Waals surface area contributed by atoms with Crippen LogP contribution in [0.5, 0.6) is 0 Å². The number of aromatic amines is 1. The van der Waals surface area contributed by atoms with Gasteiger partial charge >= 0.3 is 0 Å². The monoisotopic (exact) mass is 246 g/mol. The van der Waals surface area contributed by atoms with E-state index in [4.69, 9.17) is 0 Å². The van der Waals surface area contributed by atoms with Gasteiger partial charge in [0.25, 0.3) is 0 Å². The van der Waals surface area contributed by atoms with E-state index in [0.717, 1.165) is 17.0 Å². The minimum Gasteiger partial charge on any atom is -0.345 e. The van der Waals surface area contributed by atoms with E-state index in [9.17, 15) is 0 Å². The van der Waals surface area contributed by atoms with Crippen LogP contribution in [0.4, 0.5) is 0 Å². The molecule has 0 saturated carbocycles. The van der Waals surface area contributed by atoms with Gasteiger partial charge in [0.15, 0.2) is 0 Å². The first-order valence-corrected chi connectivity index (χ1v) is 6.25. The summed E-state index contributed by atoms with van der Waals surface area (Å²) in [6.45, 7) is 0. The highest BCUT2D eigenvalue weighted by atomic mass is 14.9. The van der Waals surface area contributed by atoms with Crippen molar-refractivity contribution >= 4 is 12.2 Å². The van der Waals surface area contributed by atoms with E-state index in [1.54, 1.807) is 6.20 Å². The topological polar surface area (TPSA) is 28.7 Å². The second kappa shape index (κ2) is 5.36. The van der Waals surface area contributed by atoms with Gasteiger partial charge in [-0.25, -0.2) is 4.98 Å². The van der Waals surface area contributed by atoms with Crippen molar-refractivity contribution in [3.8, 4) is 11.4 Å². The number of H-pyrrole nitrogens is 1. The van der Waals surface area contributed by atoms with Gasteiger partial charge in [0.1, 0.15) is 5.82 Å². The van der Waals surface area contributed by atoms with E-state index in [1.165, 1.54) is 5.56 Å². The summed E-state index contributed by atoms with van der Waals surface area (Å²) in [5, 5.41) is 0. The fourth-order valence-electron chi connectivity index (χ4n) is 2.02. The molecule has 0 unspecified atom stereocenters. The molecule has 0 spiro atoms. The predicted octanol–water partition coefficient (Wildman–Crippen LogP) is 4.25. The fourth-order valence-corrected chi connectivity index (χ4v) is 2.02. The smallest absolute Gasteiger partial charge is 0.137 e. The second-order valence-electron chi connectivity index (χ2n) is 4.27. The van der Waals surface area contributed by atoms with E-state index >= 15 is 0 Å². The molecule has 0 radical (unpaired) electrons. The van der Waals surface area contributed by atoms with Crippen molar-refractivity contribution in [3.05, 3.63) is 78.1 Å². The van der Waals surface area contributed by atoms with Gasteiger partial charge in [0.05, 0.1) is 0 Å². The van der Waals surface area contributed by atoms with Crippen LogP contribution in [-0.4, -0.2) is 9.97 Å². The van der Waals surface area contributed by atoms with Crippen molar-refractivity contribution in [1.29, 1.82) is 0 Å². The molecule has 0 saturated heterocycles. The molecule has 92 valence electrons. The fraction of sp³-hybridized carbons (Fsp3) is 0. The molecule has 2 aromatic carbocycles. The number of aromatic nitrogens is 2. The molecule has 0 bridgehead atoms. The molecule has 1 heterocycles. The van der Waals surface area contributed by atoms with Crippen molar-refractivity contribution in [2.24, 2.45) is 0 Å². The summed E-state index contributed by atoms with van der Waals surface area (Å²) >= 11 is 0. The third-order valence-corrected chi connectivity index (χ3v) is 2.97. The maximum absolute atomic E-state index is 4.31. The standard InChI is InChI=1S/C17H14N2/c1-2-6-14(7-3-1)10-11-15-8-4-5-9-16(15)17-18-12-13-19-17/h1-13H,(H,18,19). The van der Waals surface area contributed by atoms with Crippen LogP contribution in [0, 0.1) is 0 Å². The zero-order chi connectivity index (χ0) is 12.9. The van der Waals surface area contributed by atoms with Crippen LogP contribution >= 0.6 is 0 Å². The normalized spacial score (nSPS) is 10.9. The first kappa shape index (κ1) is 11.5. The maximum Gasteiger partial charge on any atom is 0.137 e. The summed E-state index contributed by atoms with van der Waals surface area (Å²) in [7, 11) is 0. The van der Waals surface area contributed by atoms with Crippen LogP contribution < -0.4 is 0 Å². The number of hydrogen-bond acceptors (Lipinski definition) is 1. The quantitative estimate of drug-likeness (QED) is 0.688. The molecule has 3 aromatic rings. The highest BCUT2D eigenvalue weighted by Crippen LogP contribution is 2.21. The van der Waals surface area contributed by atoms with E-state index in [1.807, 2.05) is 36.5 Å². The van der Waals surface area contributed by atoms with Crippen molar-refractivity contribution in [1.82, 2.24) is 9.97 Å². The van der Waals surface area contributed by atoms with E-state index in [-0.39, 0.29) is 0 Å². The molecule has 0 fully saturated rings. The summed E-state index contributed by atoms with van der Waals surface area (Å²) in [5.74, 6) is 0.897. The molecule has 3 rings (SSSR count). The van der Waals surface area contributed by atoms with E-state index < -0.39 is 0 Å².